The maximum atomic E-state index is 12.2. The van der Waals surface area contributed by atoms with E-state index < -0.39 is 16.1 Å². The minimum Gasteiger partial charge on any atom is -0.350 e. The van der Waals surface area contributed by atoms with E-state index in [-0.39, 0.29) is 29.3 Å². The van der Waals surface area contributed by atoms with Crippen molar-refractivity contribution in [2.45, 2.75) is 37.2 Å². The smallest absolute Gasteiger partial charge is 0.244 e. The van der Waals surface area contributed by atoms with Crippen LogP contribution < -0.4 is 15.4 Å². The van der Waals surface area contributed by atoms with E-state index in [9.17, 15) is 13.2 Å². The van der Waals surface area contributed by atoms with Crippen molar-refractivity contribution in [3.63, 3.8) is 0 Å². The third-order valence-corrected chi connectivity index (χ3v) is 5.37. The zero-order chi connectivity index (χ0) is 16.3. The Balaban J connectivity index is 0.00000264. The first kappa shape index (κ1) is 19.9. The lowest BCUT2D eigenvalue weighted by Gasteiger charge is -2.31. The Hall–Kier alpha value is -1.16. The fourth-order valence-electron chi connectivity index (χ4n) is 2.38. The number of amides is 1. The molecule has 1 aliphatic rings. The fraction of sp³-hybridized carbons (Fsp3) is 0.692. The van der Waals surface area contributed by atoms with E-state index in [0.717, 1.165) is 13.0 Å². The maximum Gasteiger partial charge on any atom is 0.244 e. The molecular weight excluding hydrogens is 342 g/mol. The summed E-state index contributed by atoms with van der Waals surface area (Å²) in [6.45, 7) is 5.26. The highest BCUT2D eigenvalue weighted by molar-refractivity contribution is 7.89. The predicted molar refractivity (Wildman–Crippen MR) is 88.8 cm³/mol. The van der Waals surface area contributed by atoms with Gasteiger partial charge in [-0.15, -0.1) is 12.4 Å². The normalized spacial score (nSPS) is 22.9. The average molecular weight is 366 g/mol. The van der Waals surface area contributed by atoms with Gasteiger partial charge in [-0.1, -0.05) is 6.92 Å². The SMILES string of the molecule is CC(NS(=O)(=O)c1cnn(C)c1)C(=O)NC1CNCCC1C.Cl. The van der Waals surface area contributed by atoms with Gasteiger partial charge in [0.25, 0.3) is 0 Å². The van der Waals surface area contributed by atoms with Crippen LogP contribution in [0.15, 0.2) is 17.3 Å². The Morgan fingerprint density at radius 1 is 1.52 bits per heavy atom. The van der Waals surface area contributed by atoms with Crippen molar-refractivity contribution in [1.82, 2.24) is 25.1 Å². The number of rotatable bonds is 5. The molecule has 1 saturated heterocycles. The second-order valence-electron chi connectivity index (χ2n) is 5.78. The van der Waals surface area contributed by atoms with E-state index in [2.05, 4.69) is 27.4 Å². The first-order valence-corrected chi connectivity index (χ1v) is 8.80. The lowest BCUT2D eigenvalue weighted by molar-refractivity contribution is -0.123. The molecule has 3 atom stereocenters. The van der Waals surface area contributed by atoms with Gasteiger partial charge < -0.3 is 10.6 Å². The number of carbonyl (C=O) groups excluding carboxylic acids is 1. The number of hydrogen-bond acceptors (Lipinski definition) is 5. The molecule has 1 amide bonds. The van der Waals surface area contributed by atoms with Crippen molar-refractivity contribution >= 4 is 28.3 Å². The zero-order valence-electron chi connectivity index (χ0n) is 13.4. The monoisotopic (exact) mass is 365 g/mol. The Labute approximate surface area is 142 Å². The van der Waals surface area contributed by atoms with E-state index in [1.807, 2.05) is 0 Å². The first-order valence-electron chi connectivity index (χ1n) is 7.31. The molecule has 3 unspecified atom stereocenters. The predicted octanol–water partition coefficient (Wildman–Crippen LogP) is -0.377. The number of hydrogen-bond donors (Lipinski definition) is 3. The third kappa shape index (κ3) is 5.17. The molecule has 2 rings (SSSR count). The molecule has 1 fully saturated rings. The second kappa shape index (κ2) is 8.09. The summed E-state index contributed by atoms with van der Waals surface area (Å²) in [5.41, 5.74) is 0. The van der Waals surface area contributed by atoms with Gasteiger partial charge in [0.1, 0.15) is 4.90 Å². The molecule has 8 nitrogen and oxygen atoms in total. The van der Waals surface area contributed by atoms with E-state index in [1.54, 1.807) is 7.05 Å². The van der Waals surface area contributed by atoms with Crippen LogP contribution in [0.5, 0.6) is 0 Å². The topological polar surface area (TPSA) is 105 Å². The minimum absolute atomic E-state index is 0. The molecule has 0 radical (unpaired) electrons. The van der Waals surface area contributed by atoms with Crippen LogP contribution in [0.1, 0.15) is 20.3 Å². The lowest BCUT2D eigenvalue weighted by Crippen LogP contribution is -2.54. The van der Waals surface area contributed by atoms with Gasteiger partial charge in [-0.25, -0.2) is 8.42 Å². The van der Waals surface area contributed by atoms with E-state index >= 15 is 0 Å². The van der Waals surface area contributed by atoms with Crippen molar-refractivity contribution < 1.29 is 13.2 Å². The summed E-state index contributed by atoms with van der Waals surface area (Å²) in [5.74, 6) is 0.0420. The van der Waals surface area contributed by atoms with E-state index in [1.165, 1.54) is 24.0 Å². The summed E-state index contributed by atoms with van der Waals surface area (Å²) in [5, 5.41) is 9.95. The zero-order valence-corrected chi connectivity index (χ0v) is 15.1. The number of carbonyl (C=O) groups is 1. The molecule has 3 N–H and O–H groups in total. The molecular formula is C13H24ClN5O3S. The maximum absolute atomic E-state index is 12.2. The summed E-state index contributed by atoms with van der Waals surface area (Å²) in [7, 11) is -2.12. The number of piperidine rings is 1. The lowest BCUT2D eigenvalue weighted by atomic mass is 9.94. The highest BCUT2D eigenvalue weighted by atomic mass is 35.5. The highest BCUT2D eigenvalue weighted by Crippen LogP contribution is 2.12. The van der Waals surface area contributed by atoms with Gasteiger partial charge in [0.15, 0.2) is 0 Å². The van der Waals surface area contributed by atoms with Gasteiger partial charge in [0, 0.05) is 25.8 Å². The van der Waals surface area contributed by atoms with Gasteiger partial charge >= 0.3 is 0 Å². The number of sulfonamides is 1. The molecule has 1 aliphatic heterocycles. The number of nitrogens with zero attached hydrogens (tertiary/aromatic N) is 2. The number of nitrogens with one attached hydrogen (secondary N) is 3. The molecule has 1 aromatic rings. The molecule has 23 heavy (non-hydrogen) atoms. The number of halogens is 1. The third-order valence-electron chi connectivity index (χ3n) is 3.87. The van der Waals surface area contributed by atoms with Crippen LogP contribution in [0.4, 0.5) is 0 Å². The molecule has 1 aromatic heterocycles. The molecule has 2 heterocycles. The van der Waals surface area contributed by atoms with Crippen molar-refractivity contribution in [3.8, 4) is 0 Å². The van der Waals surface area contributed by atoms with Crippen LogP contribution in [-0.4, -0.2) is 49.3 Å². The fourth-order valence-corrected chi connectivity index (χ4v) is 3.57. The first-order chi connectivity index (χ1) is 10.3. The number of aromatic nitrogens is 2. The molecule has 0 bridgehead atoms. The summed E-state index contributed by atoms with van der Waals surface area (Å²) >= 11 is 0. The Kier molecular flexibility index (Phi) is 7.00. The Morgan fingerprint density at radius 2 is 2.22 bits per heavy atom. The largest absolute Gasteiger partial charge is 0.350 e. The molecule has 132 valence electrons. The van der Waals surface area contributed by atoms with Gasteiger partial charge in [-0.05, 0) is 25.8 Å². The summed E-state index contributed by atoms with van der Waals surface area (Å²) in [4.78, 5) is 12.2. The van der Waals surface area contributed by atoms with Crippen LogP contribution in [0.3, 0.4) is 0 Å². The average Bonchev–Trinajstić information content (AvgIpc) is 2.88. The van der Waals surface area contributed by atoms with Crippen LogP contribution in [0.2, 0.25) is 0 Å². The highest BCUT2D eigenvalue weighted by Gasteiger charge is 2.27. The van der Waals surface area contributed by atoms with Gasteiger partial charge in [0.05, 0.1) is 12.2 Å². The summed E-state index contributed by atoms with van der Waals surface area (Å²) in [6.07, 6.45) is 3.63. The van der Waals surface area contributed by atoms with Crippen LogP contribution in [0, 0.1) is 5.92 Å². The van der Waals surface area contributed by atoms with Crippen molar-refractivity contribution in [3.05, 3.63) is 12.4 Å². The molecule has 0 spiro atoms. The van der Waals surface area contributed by atoms with E-state index in [0.29, 0.717) is 12.5 Å². The Bertz CT molecular complexity index is 633. The van der Waals surface area contributed by atoms with Crippen molar-refractivity contribution in [2.75, 3.05) is 13.1 Å². The molecule has 0 aromatic carbocycles. The van der Waals surface area contributed by atoms with Gasteiger partial charge in [-0.3, -0.25) is 9.48 Å². The molecule has 0 aliphatic carbocycles. The van der Waals surface area contributed by atoms with Gasteiger partial charge in [0.2, 0.25) is 15.9 Å². The van der Waals surface area contributed by atoms with Gasteiger partial charge in [-0.2, -0.15) is 9.82 Å². The van der Waals surface area contributed by atoms with Crippen LogP contribution in [0.25, 0.3) is 0 Å². The summed E-state index contributed by atoms with van der Waals surface area (Å²) in [6, 6.07) is -0.828. The standard InChI is InChI=1S/C13H23N5O3S.ClH/c1-9-4-5-14-7-12(9)16-13(19)10(2)17-22(20,21)11-6-15-18(3)8-11;/h6,8-10,12,14,17H,4-5,7H2,1-3H3,(H,16,19);1H. The molecule has 10 heteroatoms. The second-order valence-corrected chi connectivity index (χ2v) is 7.49. The number of aryl methyl sites for hydroxylation is 1. The van der Waals surface area contributed by atoms with Crippen molar-refractivity contribution in [1.29, 1.82) is 0 Å². The Morgan fingerprint density at radius 3 is 2.78 bits per heavy atom. The minimum atomic E-state index is -3.75. The van der Waals surface area contributed by atoms with Crippen LogP contribution >= 0.6 is 12.4 Å². The van der Waals surface area contributed by atoms with Crippen molar-refractivity contribution in [2.24, 2.45) is 13.0 Å². The van der Waals surface area contributed by atoms with Crippen LogP contribution in [-0.2, 0) is 21.9 Å². The quantitative estimate of drug-likeness (QED) is 0.660. The van der Waals surface area contributed by atoms with E-state index in [4.69, 9.17) is 0 Å². The molecule has 0 saturated carbocycles. The summed E-state index contributed by atoms with van der Waals surface area (Å²) < 4.78 is 28.1.